The van der Waals surface area contributed by atoms with Crippen molar-refractivity contribution in [2.45, 2.75) is 31.0 Å². The number of nitrogens with zero attached hydrogens (tertiary/aromatic N) is 2. The highest BCUT2D eigenvalue weighted by atomic mass is 32.2. The number of rotatable bonds is 4. The van der Waals surface area contributed by atoms with Crippen LogP contribution in [0.2, 0.25) is 0 Å². The van der Waals surface area contributed by atoms with E-state index >= 15 is 0 Å². The molecule has 2 aliphatic heterocycles. The lowest BCUT2D eigenvalue weighted by Crippen LogP contribution is -3.15. The number of nitrogens with one attached hydrogen (secondary N) is 1. The van der Waals surface area contributed by atoms with Crippen molar-refractivity contribution in [1.29, 1.82) is 0 Å². The van der Waals surface area contributed by atoms with Crippen LogP contribution in [-0.4, -0.2) is 81.6 Å². The Morgan fingerprint density at radius 1 is 1.12 bits per heavy atom. The van der Waals surface area contributed by atoms with Crippen LogP contribution in [0.5, 0.6) is 0 Å². The highest BCUT2D eigenvalue weighted by Crippen LogP contribution is 2.15. The molecule has 1 aromatic carbocycles. The Morgan fingerprint density at radius 3 is 2.27 bits per heavy atom. The molecule has 0 unspecified atom stereocenters. The van der Waals surface area contributed by atoms with E-state index in [1.807, 2.05) is 18.7 Å². The number of quaternary nitrogens is 1. The van der Waals surface area contributed by atoms with Crippen molar-refractivity contribution in [2.75, 3.05) is 45.8 Å². The number of ether oxygens (including phenoxy) is 1. The molecule has 7 nitrogen and oxygen atoms in total. The Labute approximate surface area is 155 Å². The molecular formula is C18H28N3O4S+. The van der Waals surface area contributed by atoms with Gasteiger partial charge in [-0.05, 0) is 26.0 Å². The van der Waals surface area contributed by atoms with Crippen molar-refractivity contribution < 1.29 is 22.8 Å². The van der Waals surface area contributed by atoms with Crippen molar-refractivity contribution >= 4 is 15.9 Å². The maximum Gasteiger partial charge on any atom is 0.277 e. The number of sulfonamides is 1. The summed E-state index contributed by atoms with van der Waals surface area (Å²) in [4.78, 5) is 15.9. The van der Waals surface area contributed by atoms with E-state index in [-0.39, 0.29) is 18.1 Å². The summed E-state index contributed by atoms with van der Waals surface area (Å²) < 4.78 is 32.5. The lowest BCUT2D eigenvalue weighted by molar-refractivity contribution is -0.896. The fourth-order valence-electron chi connectivity index (χ4n) is 3.67. The minimum Gasteiger partial charge on any atom is -0.372 e. The number of morpholine rings is 1. The van der Waals surface area contributed by atoms with E-state index in [4.69, 9.17) is 4.74 Å². The summed E-state index contributed by atoms with van der Waals surface area (Å²) in [5.74, 6) is 0.126. The molecule has 3 rings (SSSR count). The first-order valence-electron chi connectivity index (χ1n) is 9.18. The molecule has 2 heterocycles. The standard InChI is InChI=1S/C18H27N3O4S/c1-15-12-20(13-16(2)25-15)18(22)14-19-8-10-21(11-9-19)26(23,24)17-6-4-3-5-7-17/h3-7,15-16H,8-14H2,1-2H3/p+1/t15-,16-/m0/s1. The van der Waals surface area contributed by atoms with Gasteiger partial charge < -0.3 is 14.5 Å². The third kappa shape index (κ3) is 4.43. The number of amides is 1. The maximum atomic E-state index is 12.7. The predicted molar refractivity (Wildman–Crippen MR) is 97.4 cm³/mol. The minimum absolute atomic E-state index is 0.0607. The van der Waals surface area contributed by atoms with Crippen LogP contribution >= 0.6 is 0 Å². The first kappa shape index (κ1) is 19.3. The molecule has 8 heteroatoms. The number of benzene rings is 1. The molecule has 0 aromatic heterocycles. The fraction of sp³-hybridized carbons (Fsp3) is 0.611. The first-order valence-corrected chi connectivity index (χ1v) is 10.6. The van der Waals surface area contributed by atoms with Crippen LogP contribution < -0.4 is 4.90 Å². The van der Waals surface area contributed by atoms with Gasteiger partial charge in [0.1, 0.15) is 0 Å². The molecular weight excluding hydrogens is 354 g/mol. The second kappa shape index (κ2) is 8.04. The quantitative estimate of drug-likeness (QED) is 0.741. The zero-order valence-electron chi connectivity index (χ0n) is 15.4. The normalized spacial score (nSPS) is 26.0. The van der Waals surface area contributed by atoms with Crippen LogP contribution in [0.25, 0.3) is 0 Å². The summed E-state index contributed by atoms with van der Waals surface area (Å²) in [6, 6.07) is 8.52. The Morgan fingerprint density at radius 2 is 1.69 bits per heavy atom. The van der Waals surface area contributed by atoms with Gasteiger partial charge >= 0.3 is 0 Å². The molecule has 0 aliphatic carbocycles. The molecule has 2 aliphatic rings. The summed E-state index contributed by atoms with van der Waals surface area (Å²) in [5, 5.41) is 0. The first-order chi connectivity index (χ1) is 12.4. The van der Waals surface area contributed by atoms with Crippen molar-refractivity contribution in [3.8, 4) is 0 Å². The minimum atomic E-state index is -3.44. The second-order valence-electron chi connectivity index (χ2n) is 7.20. The molecule has 2 fully saturated rings. The summed E-state index contributed by atoms with van der Waals surface area (Å²) in [6.45, 7) is 7.81. The van der Waals surface area contributed by atoms with Gasteiger partial charge in [-0.3, -0.25) is 4.79 Å². The molecule has 2 saturated heterocycles. The molecule has 2 atom stereocenters. The van der Waals surface area contributed by atoms with Gasteiger partial charge in [-0.15, -0.1) is 0 Å². The topological polar surface area (TPSA) is 71.4 Å². The summed E-state index contributed by atoms with van der Waals surface area (Å²) in [7, 11) is -3.44. The van der Waals surface area contributed by atoms with E-state index in [1.165, 1.54) is 4.31 Å². The number of piperazine rings is 1. The SMILES string of the molecule is C[C@H]1CN(C(=O)C[NH+]2CCN(S(=O)(=O)c3ccccc3)CC2)C[C@H](C)O1. The van der Waals surface area contributed by atoms with Gasteiger partial charge in [0.05, 0.1) is 43.3 Å². The number of hydrogen-bond donors (Lipinski definition) is 1. The molecule has 1 aromatic rings. The number of carbonyl (C=O) groups is 1. The summed E-state index contributed by atoms with van der Waals surface area (Å²) in [6.07, 6.45) is 0.121. The number of carbonyl (C=O) groups excluding carboxylic acids is 1. The van der Waals surface area contributed by atoms with Gasteiger partial charge in [-0.25, -0.2) is 8.42 Å². The Hall–Kier alpha value is -1.48. The molecule has 1 N–H and O–H groups in total. The van der Waals surface area contributed by atoms with E-state index in [0.717, 1.165) is 4.90 Å². The molecule has 0 saturated carbocycles. The van der Waals surface area contributed by atoms with Crippen LogP contribution in [0.15, 0.2) is 35.2 Å². The van der Waals surface area contributed by atoms with E-state index in [1.54, 1.807) is 30.3 Å². The van der Waals surface area contributed by atoms with E-state index in [2.05, 4.69) is 0 Å². The highest BCUT2D eigenvalue weighted by molar-refractivity contribution is 7.89. The Balaban J connectivity index is 1.53. The monoisotopic (exact) mass is 382 g/mol. The van der Waals surface area contributed by atoms with Gasteiger partial charge in [0.25, 0.3) is 5.91 Å². The third-order valence-corrected chi connectivity index (χ3v) is 6.90. The zero-order chi connectivity index (χ0) is 18.7. The van der Waals surface area contributed by atoms with Gasteiger partial charge in [0, 0.05) is 13.1 Å². The van der Waals surface area contributed by atoms with Gasteiger partial charge in [0.15, 0.2) is 6.54 Å². The van der Waals surface area contributed by atoms with Crippen molar-refractivity contribution in [3.63, 3.8) is 0 Å². The molecule has 0 bridgehead atoms. The van der Waals surface area contributed by atoms with Gasteiger partial charge in [-0.2, -0.15) is 4.31 Å². The molecule has 144 valence electrons. The van der Waals surface area contributed by atoms with Gasteiger partial charge in [0.2, 0.25) is 10.0 Å². The van der Waals surface area contributed by atoms with Crippen molar-refractivity contribution in [1.82, 2.24) is 9.21 Å². The molecule has 0 radical (unpaired) electrons. The van der Waals surface area contributed by atoms with Crippen LogP contribution in [0, 0.1) is 0 Å². The third-order valence-electron chi connectivity index (χ3n) is 4.98. The highest BCUT2D eigenvalue weighted by Gasteiger charge is 2.33. The summed E-state index contributed by atoms with van der Waals surface area (Å²) in [5.41, 5.74) is 0. The molecule has 26 heavy (non-hydrogen) atoms. The van der Waals surface area contributed by atoms with Crippen molar-refractivity contribution in [3.05, 3.63) is 30.3 Å². The molecule has 1 amide bonds. The smallest absolute Gasteiger partial charge is 0.277 e. The fourth-order valence-corrected chi connectivity index (χ4v) is 5.13. The van der Waals surface area contributed by atoms with E-state index < -0.39 is 10.0 Å². The lowest BCUT2D eigenvalue weighted by Gasteiger charge is -2.37. The average Bonchev–Trinajstić information content (AvgIpc) is 2.62. The van der Waals surface area contributed by atoms with Crippen molar-refractivity contribution in [2.24, 2.45) is 0 Å². The lowest BCUT2D eigenvalue weighted by atomic mass is 10.2. The van der Waals surface area contributed by atoms with E-state index in [0.29, 0.717) is 50.7 Å². The molecule has 0 spiro atoms. The maximum absolute atomic E-state index is 12.7. The van der Waals surface area contributed by atoms with Crippen LogP contribution in [0.1, 0.15) is 13.8 Å². The second-order valence-corrected chi connectivity index (χ2v) is 9.14. The van der Waals surface area contributed by atoms with Gasteiger partial charge in [-0.1, -0.05) is 18.2 Å². The van der Waals surface area contributed by atoms with Crippen LogP contribution in [0.3, 0.4) is 0 Å². The predicted octanol–water partition coefficient (Wildman–Crippen LogP) is -0.788. The Bertz CT molecular complexity index is 707. The summed E-state index contributed by atoms with van der Waals surface area (Å²) >= 11 is 0. The van der Waals surface area contributed by atoms with Crippen LogP contribution in [0.4, 0.5) is 0 Å². The van der Waals surface area contributed by atoms with E-state index in [9.17, 15) is 13.2 Å². The average molecular weight is 383 g/mol. The zero-order valence-corrected chi connectivity index (χ0v) is 16.2. The van der Waals surface area contributed by atoms with Crippen LogP contribution in [-0.2, 0) is 19.6 Å². The Kier molecular flexibility index (Phi) is 5.96. The number of hydrogen-bond acceptors (Lipinski definition) is 4. The largest absolute Gasteiger partial charge is 0.372 e.